The Kier molecular flexibility index (Phi) is 35.2. The summed E-state index contributed by atoms with van der Waals surface area (Å²) in [5.41, 5.74) is 0. The lowest BCUT2D eigenvalue weighted by Crippen LogP contribution is -2.65. The molecule has 1 aliphatic rings. The fraction of sp³-hybridized carbons (Fsp3) is 0.822. The van der Waals surface area contributed by atoms with Crippen LogP contribution >= 0.6 is 23.5 Å². The Balaban J connectivity index is 2.74. The van der Waals surface area contributed by atoms with Crippen LogP contribution in [0.3, 0.4) is 0 Å². The number of rotatable bonds is 41. The number of esters is 2. The number of unbranched alkanes of at least 4 members (excludes halogenated alkanes) is 19. The predicted octanol–water partition coefficient (Wildman–Crippen LogP) is 8.85. The lowest BCUT2D eigenvalue weighted by Gasteiger charge is -2.44. The van der Waals surface area contributed by atoms with Crippen molar-refractivity contribution in [2.24, 2.45) is 0 Å². The van der Waals surface area contributed by atoms with Gasteiger partial charge in [0.25, 0.3) is 0 Å². The molecule has 19 nitrogen and oxygen atoms in total. The summed E-state index contributed by atoms with van der Waals surface area (Å²) in [6.07, 6.45) is 21.6. The fourth-order valence-electron chi connectivity index (χ4n) is 7.30. The van der Waals surface area contributed by atoms with Crippen LogP contribution in [0.5, 0.6) is 0 Å². The maximum absolute atomic E-state index is 13.1. The second-order valence-corrected chi connectivity index (χ2v) is 20.8. The van der Waals surface area contributed by atoms with Gasteiger partial charge < -0.3 is 49.3 Å². The van der Waals surface area contributed by atoms with Crippen LogP contribution in [0.1, 0.15) is 181 Å². The quantitative estimate of drug-likeness (QED) is 0.0123. The fourth-order valence-corrected chi connectivity index (χ4v) is 9.39. The first-order valence-electron chi connectivity index (χ1n) is 24.3. The van der Waals surface area contributed by atoms with Gasteiger partial charge in [0.15, 0.2) is 6.10 Å². The zero-order valence-electron chi connectivity index (χ0n) is 39.7. The van der Waals surface area contributed by atoms with Crippen LogP contribution in [0.15, 0.2) is 36.5 Å². The molecule has 0 bridgehead atoms. The summed E-state index contributed by atoms with van der Waals surface area (Å²) >= 11 is 0. The van der Waals surface area contributed by atoms with Crippen LogP contribution < -0.4 is 0 Å². The molecular weight excluding hydrogens is 937 g/mol. The molecule has 0 aromatic heterocycles. The molecule has 8 atom stereocenters. The molecule has 0 aromatic carbocycles. The molecule has 1 saturated carbocycles. The van der Waals surface area contributed by atoms with E-state index in [9.17, 15) is 63.1 Å². The minimum Gasteiger partial charge on any atom is -0.462 e. The molecule has 0 saturated heterocycles. The third-order valence-corrected chi connectivity index (χ3v) is 13.0. The lowest BCUT2D eigenvalue weighted by atomic mass is 9.85. The third-order valence-electron chi connectivity index (χ3n) is 10.9. The van der Waals surface area contributed by atoms with Gasteiger partial charge >= 0.3 is 35.4 Å². The number of allylic oxidation sites excluding steroid dienone is 6. The number of phosphoric acid groups is 3. The Hall–Kier alpha value is -1.63. The number of aliphatic hydroxyl groups is 3. The van der Waals surface area contributed by atoms with Gasteiger partial charge in [-0.1, -0.05) is 153 Å². The summed E-state index contributed by atoms with van der Waals surface area (Å²) in [7, 11) is -16.6. The summed E-state index contributed by atoms with van der Waals surface area (Å²) < 4.78 is 65.5. The number of aliphatic hydroxyl groups excluding tert-OH is 3. The molecular formula is C45H83O19P3. The van der Waals surface area contributed by atoms with Gasteiger partial charge in [-0.3, -0.25) is 27.7 Å². The summed E-state index contributed by atoms with van der Waals surface area (Å²) in [5.74, 6) is -1.32. The summed E-state index contributed by atoms with van der Waals surface area (Å²) in [4.78, 5) is 73.2. The smallest absolute Gasteiger partial charge is 0.462 e. The highest BCUT2D eigenvalue weighted by atomic mass is 31.2. The molecule has 67 heavy (non-hydrogen) atoms. The molecule has 0 amide bonds. The van der Waals surface area contributed by atoms with E-state index in [4.69, 9.17) is 18.5 Å². The second-order valence-electron chi connectivity index (χ2n) is 17.0. The Morgan fingerprint density at radius 3 is 1.36 bits per heavy atom. The van der Waals surface area contributed by atoms with E-state index in [2.05, 4.69) is 59.4 Å². The molecule has 0 radical (unpaired) electrons. The van der Waals surface area contributed by atoms with Crippen LogP contribution in [0, 0.1) is 0 Å². The van der Waals surface area contributed by atoms with Gasteiger partial charge in [-0.25, -0.2) is 13.7 Å². The predicted molar refractivity (Wildman–Crippen MR) is 252 cm³/mol. The van der Waals surface area contributed by atoms with Crippen LogP contribution in [0.25, 0.3) is 0 Å². The molecule has 0 aliphatic heterocycles. The summed E-state index contributed by atoms with van der Waals surface area (Å²) in [6, 6.07) is 0. The summed E-state index contributed by atoms with van der Waals surface area (Å²) in [6.45, 7) is 2.90. The van der Waals surface area contributed by atoms with Crippen LogP contribution in [-0.4, -0.2) is 108 Å². The van der Waals surface area contributed by atoms with Crippen molar-refractivity contribution >= 4 is 35.4 Å². The van der Waals surface area contributed by atoms with E-state index in [1.807, 2.05) is 0 Å². The first-order valence-corrected chi connectivity index (χ1v) is 28.8. The monoisotopic (exact) mass is 1020 g/mol. The van der Waals surface area contributed by atoms with Gasteiger partial charge in [-0.05, 0) is 51.4 Å². The van der Waals surface area contributed by atoms with E-state index in [1.54, 1.807) is 0 Å². The number of hydrogen-bond donors (Lipinski definition) is 8. The van der Waals surface area contributed by atoms with Crippen LogP contribution in [0.2, 0.25) is 0 Å². The van der Waals surface area contributed by atoms with Gasteiger partial charge in [0.2, 0.25) is 0 Å². The van der Waals surface area contributed by atoms with Crippen molar-refractivity contribution in [3.05, 3.63) is 36.5 Å². The number of phosphoric ester groups is 3. The summed E-state index contributed by atoms with van der Waals surface area (Å²) in [5, 5.41) is 31.9. The van der Waals surface area contributed by atoms with Crippen LogP contribution in [0.4, 0.5) is 0 Å². The molecule has 5 unspecified atom stereocenters. The Bertz CT molecular complexity index is 1550. The third kappa shape index (κ3) is 33.6. The normalized spacial score (nSPS) is 21.9. The molecule has 0 heterocycles. The van der Waals surface area contributed by atoms with E-state index in [-0.39, 0.29) is 12.8 Å². The van der Waals surface area contributed by atoms with E-state index in [1.165, 1.54) is 70.6 Å². The standard InChI is InChI=1S/C45H83O19P3/c1-3-5-7-9-11-13-15-17-18-19-20-22-24-26-28-30-32-34-39(47)61-37(35-59-38(46)33-31-29-27-25-23-21-16-14-12-10-8-6-4-2)36-60-67(57,58)64-43-40(48)41(49)44(62-65(51,52)53)45(42(43)50)63-66(54,55)56/h11,13,17-18,20,22,37,40-45,48-50H,3-10,12,14-16,19,21,23-36H2,1-2H3,(H,57,58)(H2,51,52,53)(H2,54,55,56)/b13-11-,18-17-,22-20-/t37-,40?,41?,42?,43+,44?,45+/m1/s1. The Labute approximate surface area is 398 Å². The second kappa shape index (κ2) is 37.2. The zero-order valence-corrected chi connectivity index (χ0v) is 42.4. The van der Waals surface area contributed by atoms with Crippen molar-refractivity contribution in [3.8, 4) is 0 Å². The van der Waals surface area contributed by atoms with Crippen molar-refractivity contribution in [2.75, 3.05) is 13.2 Å². The molecule has 0 spiro atoms. The minimum atomic E-state index is -5.60. The number of carbonyl (C=O) groups excluding carboxylic acids is 2. The maximum atomic E-state index is 13.1. The average molecular weight is 1020 g/mol. The van der Waals surface area contributed by atoms with Crippen molar-refractivity contribution in [1.82, 2.24) is 0 Å². The Morgan fingerprint density at radius 2 is 0.866 bits per heavy atom. The van der Waals surface area contributed by atoms with Crippen molar-refractivity contribution in [1.29, 1.82) is 0 Å². The molecule has 1 fully saturated rings. The topological polar surface area (TPSA) is 303 Å². The van der Waals surface area contributed by atoms with E-state index in [0.717, 1.165) is 64.2 Å². The van der Waals surface area contributed by atoms with E-state index >= 15 is 0 Å². The van der Waals surface area contributed by atoms with E-state index < -0.39 is 91.3 Å². The van der Waals surface area contributed by atoms with Gasteiger partial charge in [-0.2, -0.15) is 0 Å². The zero-order chi connectivity index (χ0) is 50.0. The van der Waals surface area contributed by atoms with Gasteiger partial charge in [-0.15, -0.1) is 0 Å². The maximum Gasteiger partial charge on any atom is 0.472 e. The molecule has 1 aliphatic carbocycles. The van der Waals surface area contributed by atoms with Crippen molar-refractivity contribution in [3.63, 3.8) is 0 Å². The van der Waals surface area contributed by atoms with Gasteiger partial charge in [0.05, 0.1) is 6.61 Å². The van der Waals surface area contributed by atoms with Crippen molar-refractivity contribution in [2.45, 2.75) is 224 Å². The SMILES string of the molecule is CCCCC/C=C\C/C=C\C/C=C\CCCCCCC(=O)O[C@H](COC(=O)CCCCCCCCCCCCCCC)COP(=O)(O)O[C@H]1C(O)C(O)C(OP(=O)(O)O)[C@@H](OP(=O)(O)O)C1O. The highest BCUT2D eigenvalue weighted by molar-refractivity contribution is 7.47. The number of hydrogen-bond acceptors (Lipinski definition) is 14. The molecule has 22 heteroatoms. The highest BCUT2D eigenvalue weighted by Gasteiger charge is 2.56. The van der Waals surface area contributed by atoms with E-state index in [0.29, 0.717) is 19.3 Å². The minimum absolute atomic E-state index is 0.0263. The first-order chi connectivity index (χ1) is 31.8. The highest BCUT2D eigenvalue weighted by Crippen LogP contribution is 2.51. The number of ether oxygens (including phenoxy) is 2. The van der Waals surface area contributed by atoms with Crippen molar-refractivity contribution < 1.29 is 90.6 Å². The Morgan fingerprint density at radius 1 is 0.478 bits per heavy atom. The molecule has 392 valence electrons. The average Bonchev–Trinajstić information content (AvgIpc) is 3.25. The van der Waals surface area contributed by atoms with Gasteiger partial charge in [0, 0.05) is 12.8 Å². The molecule has 0 aromatic rings. The molecule has 8 N–H and O–H groups in total. The largest absolute Gasteiger partial charge is 0.472 e. The van der Waals surface area contributed by atoms with Gasteiger partial charge in [0.1, 0.15) is 43.2 Å². The van der Waals surface area contributed by atoms with Crippen LogP contribution in [-0.2, 0) is 50.9 Å². The number of carbonyl (C=O) groups is 2. The molecule has 1 rings (SSSR count). The first kappa shape index (κ1) is 63.4. The lowest BCUT2D eigenvalue weighted by molar-refractivity contribution is -0.213.